The van der Waals surface area contributed by atoms with Crippen LogP contribution in [0.5, 0.6) is 0 Å². The number of benzene rings is 2. The SMILES string of the molecule is CCCCCCN(CCCCCC)c1ccc(-n2c(C)nc(C)cc2=O)cc1F.Cc1ccc(C)cc1. The molecule has 0 aliphatic heterocycles. The minimum atomic E-state index is -0.277. The average Bonchev–Trinajstić information content (AvgIpc) is 2.85. The highest BCUT2D eigenvalue weighted by Crippen LogP contribution is 2.24. The molecule has 0 aliphatic carbocycles. The number of aromatic nitrogens is 2. The highest BCUT2D eigenvalue weighted by atomic mass is 19.1. The van der Waals surface area contributed by atoms with Crippen molar-refractivity contribution in [2.45, 2.75) is 92.9 Å². The third-order valence-electron chi connectivity index (χ3n) is 6.53. The van der Waals surface area contributed by atoms with Crippen molar-refractivity contribution in [3.63, 3.8) is 0 Å². The molecule has 1 heterocycles. The summed E-state index contributed by atoms with van der Waals surface area (Å²) in [5.74, 6) is 0.290. The number of hydrogen-bond acceptors (Lipinski definition) is 3. The Labute approximate surface area is 223 Å². The fourth-order valence-electron chi connectivity index (χ4n) is 4.39. The quantitative estimate of drug-likeness (QED) is 0.232. The van der Waals surface area contributed by atoms with Crippen LogP contribution in [0.2, 0.25) is 0 Å². The first-order valence-electron chi connectivity index (χ1n) is 13.9. The van der Waals surface area contributed by atoms with Crippen LogP contribution in [0.15, 0.2) is 53.3 Å². The molecule has 0 unspecified atom stereocenters. The predicted octanol–water partition coefficient (Wildman–Crippen LogP) is 8.26. The van der Waals surface area contributed by atoms with Crippen LogP contribution in [0.1, 0.15) is 87.9 Å². The van der Waals surface area contributed by atoms with Crippen LogP contribution >= 0.6 is 0 Å². The van der Waals surface area contributed by atoms with Gasteiger partial charge in [0.1, 0.15) is 11.6 Å². The highest BCUT2D eigenvalue weighted by Gasteiger charge is 2.14. The summed E-state index contributed by atoms with van der Waals surface area (Å²) in [6.07, 6.45) is 9.31. The lowest BCUT2D eigenvalue weighted by Gasteiger charge is -2.26. The second-order valence-corrected chi connectivity index (χ2v) is 10.0. The van der Waals surface area contributed by atoms with E-state index in [9.17, 15) is 4.79 Å². The number of rotatable bonds is 12. The molecule has 3 rings (SSSR count). The lowest BCUT2D eigenvalue weighted by Crippen LogP contribution is -2.27. The molecule has 4 nitrogen and oxygen atoms in total. The van der Waals surface area contributed by atoms with Crippen LogP contribution in [0.4, 0.5) is 10.1 Å². The Hall–Kier alpha value is -2.95. The van der Waals surface area contributed by atoms with Crippen LogP contribution in [0, 0.1) is 33.5 Å². The van der Waals surface area contributed by atoms with E-state index in [-0.39, 0.29) is 11.4 Å². The number of anilines is 1. The Balaban J connectivity index is 0.000000510. The first kappa shape index (κ1) is 30.3. The molecular formula is C32H46FN3O. The van der Waals surface area contributed by atoms with Gasteiger partial charge in [-0.15, -0.1) is 0 Å². The number of halogens is 1. The highest BCUT2D eigenvalue weighted by molar-refractivity contribution is 5.52. The summed E-state index contributed by atoms with van der Waals surface area (Å²) < 4.78 is 16.6. The number of nitrogens with zero attached hydrogens (tertiary/aromatic N) is 3. The smallest absolute Gasteiger partial charge is 0.258 e. The maximum Gasteiger partial charge on any atom is 0.258 e. The van der Waals surface area contributed by atoms with Crippen LogP contribution in [-0.4, -0.2) is 22.6 Å². The van der Waals surface area contributed by atoms with Crippen molar-refractivity contribution >= 4 is 5.69 Å². The van der Waals surface area contributed by atoms with Gasteiger partial charge in [0.05, 0.1) is 11.4 Å². The fourth-order valence-corrected chi connectivity index (χ4v) is 4.39. The van der Waals surface area contributed by atoms with Gasteiger partial charge in [-0.3, -0.25) is 9.36 Å². The van der Waals surface area contributed by atoms with Gasteiger partial charge in [-0.25, -0.2) is 9.37 Å². The van der Waals surface area contributed by atoms with Gasteiger partial charge in [-0.05, 0) is 52.7 Å². The zero-order chi connectivity index (χ0) is 27.2. The lowest BCUT2D eigenvalue weighted by atomic mass is 10.1. The van der Waals surface area contributed by atoms with Gasteiger partial charge in [0.15, 0.2) is 0 Å². The zero-order valence-electron chi connectivity index (χ0n) is 23.8. The number of hydrogen-bond donors (Lipinski definition) is 0. The van der Waals surface area contributed by atoms with E-state index < -0.39 is 0 Å². The first-order chi connectivity index (χ1) is 17.8. The van der Waals surface area contributed by atoms with E-state index in [4.69, 9.17) is 0 Å². The maximum absolute atomic E-state index is 15.1. The molecular weight excluding hydrogens is 461 g/mol. The number of aryl methyl sites for hydroxylation is 4. The third kappa shape index (κ3) is 10.1. The summed E-state index contributed by atoms with van der Waals surface area (Å²) in [6, 6.07) is 15.1. The van der Waals surface area contributed by atoms with Gasteiger partial charge < -0.3 is 4.90 Å². The molecule has 0 saturated carbocycles. The van der Waals surface area contributed by atoms with Gasteiger partial charge >= 0.3 is 0 Å². The van der Waals surface area contributed by atoms with Crippen LogP contribution in [-0.2, 0) is 0 Å². The van der Waals surface area contributed by atoms with E-state index in [0.29, 0.717) is 22.9 Å². The minimum Gasteiger partial charge on any atom is -0.369 e. The summed E-state index contributed by atoms with van der Waals surface area (Å²) >= 11 is 0. The Bertz CT molecular complexity index is 1100. The lowest BCUT2D eigenvalue weighted by molar-refractivity contribution is 0.583. The molecule has 0 radical (unpaired) electrons. The molecule has 0 fully saturated rings. The van der Waals surface area contributed by atoms with Crippen molar-refractivity contribution in [3.8, 4) is 5.69 Å². The molecule has 37 heavy (non-hydrogen) atoms. The van der Waals surface area contributed by atoms with E-state index in [1.807, 2.05) is 12.1 Å². The van der Waals surface area contributed by atoms with Gasteiger partial charge in [-0.1, -0.05) is 87.8 Å². The van der Waals surface area contributed by atoms with Crippen molar-refractivity contribution < 1.29 is 4.39 Å². The van der Waals surface area contributed by atoms with Gasteiger partial charge in [0.2, 0.25) is 0 Å². The molecule has 0 atom stereocenters. The van der Waals surface area contributed by atoms with Gasteiger partial charge in [-0.2, -0.15) is 0 Å². The van der Waals surface area contributed by atoms with Crippen molar-refractivity contribution in [3.05, 3.63) is 87.3 Å². The Morgan fingerprint density at radius 3 is 1.76 bits per heavy atom. The zero-order valence-corrected chi connectivity index (χ0v) is 23.8. The number of unbranched alkanes of at least 4 members (excludes halogenated alkanes) is 6. The van der Waals surface area contributed by atoms with E-state index in [2.05, 4.69) is 61.8 Å². The summed E-state index contributed by atoms with van der Waals surface area (Å²) in [5, 5.41) is 0. The largest absolute Gasteiger partial charge is 0.369 e. The molecule has 2 aromatic carbocycles. The van der Waals surface area contributed by atoms with Crippen molar-refractivity contribution in [2.24, 2.45) is 0 Å². The molecule has 5 heteroatoms. The molecule has 0 aliphatic rings. The summed E-state index contributed by atoms with van der Waals surface area (Å²) in [6.45, 7) is 13.9. The standard InChI is InChI=1S/C24H36FN3O.C8H10/c1-5-7-9-11-15-27(16-12-10-8-6-2)23-14-13-21(18-22(23)25)28-20(4)26-19(3)17-24(28)29;1-7-3-5-8(2)6-4-7/h13-14,17-18H,5-12,15-16H2,1-4H3;3-6H,1-2H3. The van der Waals surface area contributed by atoms with Crippen molar-refractivity contribution in [1.29, 1.82) is 0 Å². The third-order valence-corrected chi connectivity index (χ3v) is 6.53. The van der Waals surface area contributed by atoms with Crippen LogP contribution < -0.4 is 10.5 Å². The van der Waals surface area contributed by atoms with Gasteiger partial charge in [0, 0.05) is 30.9 Å². The summed E-state index contributed by atoms with van der Waals surface area (Å²) in [5.41, 5.74) is 4.31. The van der Waals surface area contributed by atoms with Gasteiger partial charge in [0.25, 0.3) is 5.56 Å². The summed E-state index contributed by atoms with van der Waals surface area (Å²) in [7, 11) is 0. The molecule has 0 amide bonds. The van der Waals surface area contributed by atoms with Crippen LogP contribution in [0.3, 0.4) is 0 Å². The minimum absolute atomic E-state index is 0.182. The molecule has 0 saturated heterocycles. The average molecular weight is 508 g/mol. The normalized spacial score (nSPS) is 10.7. The maximum atomic E-state index is 15.1. The second kappa shape index (κ2) is 16.0. The Morgan fingerprint density at radius 2 is 1.30 bits per heavy atom. The fraction of sp³-hybridized carbons (Fsp3) is 0.500. The topological polar surface area (TPSA) is 38.1 Å². The van der Waals surface area contributed by atoms with E-state index in [0.717, 1.165) is 25.9 Å². The first-order valence-corrected chi connectivity index (χ1v) is 13.9. The van der Waals surface area contributed by atoms with Crippen molar-refractivity contribution in [2.75, 3.05) is 18.0 Å². The Kier molecular flexibility index (Phi) is 13.1. The van der Waals surface area contributed by atoms with E-state index in [1.165, 1.54) is 66.4 Å². The molecule has 1 aromatic heterocycles. The Morgan fingerprint density at radius 1 is 0.757 bits per heavy atom. The second-order valence-electron chi connectivity index (χ2n) is 10.0. The molecule has 0 spiro atoms. The van der Waals surface area contributed by atoms with Crippen molar-refractivity contribution in [1.82, 2.24) is 9.55 Å². The molecule has 0 bridgehead atoms. The predicted molar refractivity (Wildman–Crippen MR) is 156 cm³/mol. The van der Waals surface area contributed by atoms with E-state index >= 15 is 4.39 Å². The monoisotopic (exact) mass is 507 g/mol. The summed E-state index contributed by atoms with van der Waals surface area (Å²) in [4.78, 5) is 18.9. The molecule has 0 N–H and O–H groups in total. The van der Waals surface area contributed by atoms with E-state index in [1.54, 1.807) is 13.8 Å². The molecule has 202 valence electrons. The molecule has 3 aromatic rings. The van der Waals surface area contributed by atoms with Crippen LogP contribution in [0.25, 0.3) is 5.69 Å².